The second kappa shape index (κ2) is 8.31. The molecule has 2 N–H and O–H groups in total. The van der Waals surface area contributed by atoms with E-state index in [4.69, 9.17) is 0 Å². The number of amides is 1. The van der Waals surface area contributed by atoms with E-state index in [0.717, 1.165) is 5.69 Å². The topological polar surface area (TPSA) is 74.6 Å². The maximum atomic E-state index is 12.8. The average molecular weight is 413 g/mol. The minimum absolute atomic E-state index is 0.138. The van der Waals surface area contributed by atoms with Crippen molar-refractivity contribution in [3.8, 4) is 0 Å². The number of rotatable bonds is 6. The molecule has 0 saturated carbocycles. The third-order valence-electron chi connectivity index (χ3n) is 5.78. The van der Waals surface area contributed by atoms with Gasteiger partial charge in [-0.15, -0.1) is 0 Å². The number of halogens is 3. The molecule has 1 fully saturated rings. The molecule has 0 radical (unpaired) electrons. The van der Waals surface area contributed by atoms with Crippen molar-refractivity contribution >= 4 is 12.0 Å². The number of hydrogen-bond donors (Lipinski definition) is 2. The minimum atomic E-state index is -4.50. The number of pyridine rings is 1. The van der Waals surface area contributed by atoms with E-state index in [-0.39, 0.29) is 24.1 Å². The van der Waals surface area contributed by atoms with Gasteiger partial charge in [0.1, 0.15) is 6.54 Å². The highest BCUT2D eigenvalue weighted by atomic mass is 19.4. The summed E-state index contributed by atoms with van der Waals surface area (Å²) in [6.07, 6.45) is -0.312. The fourth-order valence-corrected chi connectivity index (χ4v) is 4.74. The fourth-order valence-electron chi connectivity index (χ4n) is 4.74. The summed E-state index contributed by atoms with van der Waals surface area (Å²) in [7, 11) is 0. The summed E-state index contributed by atoms with van der Waals surface area (Å²) < 4.78 is 39.4. The highest BCUT2D eigenvalue weighted by Crippen LogP contribution is 2.49. The lowest BCUT2D eigenvalue weighted by molar-refractivity contribution is -0.142. The SMILES string of the molecule is C/C=C\c1ccc2n(c1=O)C[C@@H]1[C@@H](CO)[C@H](C(=O)NCC(F)(F)F)N(CCC)[C@H]21. The first-order valence-corrected chi connectivity index (χ1v) is 9.81. The Labute approximate surface area is 167 Å². The van der Waals surface area contributed by atoms with Gasteiger partial charge in [0.15, 0.2) is 0 Å². The third kappa shape index (κ3) is 3.98. The highest BCUT2D eigenvalue weighted by molar-refractivity contribution is 5.82. The summed E-state index contributed by atoms with van der Waals surface area (Å²) in [5, 5.41) is 12.0. The monoisotopic (exact) mass is 413 g/mol. The first-order valence-electron chi connectivity index (χ1n) is 9.81. The average Bonchev–Trinajstić information content (AvgIpc) is 3.17. The van der Waals surface area contributed by atoms with Crippen LogP contribution in [0, 0.1) is 11.8 Å². The molecule has 0 bridgehead atoms. The number of nitrogens with one attached hydrogen (secondary N) is 1. The lowest BCUT2D eigenvalue weighted by Crippen LogP contribution is -2.50. The van der Waals surface area contributed by atoms with Crippen LogP contribution in [0.15, 0.2) is 23.0 Å². The standard InChI is InChI=1S/C20H26F3N3O3/c1-3-5-12-6-7-15-16-13(9-26(15)19(12)29)14(10-27)17(25(16)8-4-2)18(28)24-11-20(21,22)23/h3,5-7,13-14,16-17,27H,4,8-11H2,1-2H3,(H,24,28)/b5-3-/t13-,14-,16+,17-/m1/s1. The quantitative estimate of drug-likeness (QED) is 0.748. The molecule has 0 unspecified atom stereocenters. The molecule has 1 saturated heterocycles. The van der Waals surface area contributed by atoms with E-state index in [1.165, 1.54) is 0 Å². The fraction of sp³-hybridized carbons (Fsp3) is 0.600. The van der Waals surface area contributed by atoms with Gasteiger partial charge in [0.05, 0.1) is 12.1 Å². The zero-order valence-electron chi connectivity index (χ0n) is 16.4. The Balaban J connectivity index is 1.97. The predicted octanol–water partition coefficient (Wildman–Crippen LogP) is 1.93. The summed E-state index contributed by atoms with van der Waals surface area (Å²) in [4.78, 5) is 27.3. The van der Waals surface area contributed by atoms with Crippen molar-refractivity contribution in [2.45, 2.75) is 45.1 Å². The maximum Gasteiger partial charge on any atom is 0.405 e. The molecule has 6 nitrogen and oxygen atoms in total. The second-order valence-corrected chi connectivity index (χ2v) is 7.60. The summed E-state index contributed by atoms with van der Waals surface area (Å²) in [6.45, 7) is 2.81. The highest BCUT2D eigenvalue weighted by Gasteiger charge is 2.55. The van der Waals surface area contributed by atoms with E-state index in [2.05, 4.69) is 0 Å². The predicted molar refractivity (Wildman–Crippen MR) is 102 cm³/mol. The van der Waals surface area contributed by atoms with Crippen LogP contribution in [0.1, 0.15) is 37.6 Å². The van der Waals surface area contributed by atoms with Crippen LogP contribution < -0.4 is 10.9 Å². The lowest BCUT2D eigenvalue weighted by atomic mass is 9.88. The molecule has 2 aliphatic rings. The van der Waals surface area contributed by atoms with Crippen LogP contribution in [0.4, 0.5) is 13.2 Å². The van der Waals surface area contributed by atoms with Gasteiger partial charge < -0.3 is 15.0 Å². The Hall–Kier alpha value is -2.13. The number of fused-ring (bicyclic) bond motifs is 3. The summed E-state index contributed by atoms with van der Waals surface area (Å²) in [5.74, 6) is -1.50. The van der Waals surface area contributed by atoms with Crippen molar-refractivity contribution < 1.29 is 23.1 Å². The molecule has 9 heteroatoms. The molecule has 0 aliphatic carbocycles. The number of hydrogen-bond acceptors (Lipinski definition) is 4. The van der Waals surface area contributed by atoms with Gasteiger partial charge in [-0.25, -0.2) is 0 Å². The summed E-state index contributed by atoms with van der Waals surface area (Å²) >= 11 is 0. The molecule has 1 aromatic heterocycles. The molecule has 160 valence electrons. The number of alkyl halides is 3. The van der Waals surface area contributed by atoms with Crippen molar-refractivity contribution in [3.63, 3.8) is 0 Å². The van der Waals surface area contributed by atoms with Crippen LogP contribution in [-0.2, 0) is 11.3 Å². The smallest absolute Gasteiger partial charge is 0.396 e. The Morgan fingerprint density at radius 3 is 2.69 bits per heavy atom. The zero-order chi connectivity index (χ0) is 21.3. The molecule has 2 aliphatic heterocycles. The van der Waals surface area contributed by atoms with E-state index < -0.39 is 30.6 Å². The maximum absolute atomic E-state index is 12.8. The van der Waals surface area contributed by atoms with Crippen LogP contribution in [0.2, 0.25) is 0 Å². The number of likely N-dealkylation sites (tertiary alicyclic amines) is 1. The van der Waals surface area contributed by atoms with Gasteiger partial charge in [0.2, 0.25) is 5.91 Å². The van der Waals surface area contributed by atoms with E-state index in [0.29, 0.717) is 25.1 Å². The molecule has 1 aromatic rings. The first kappa shape index (κ1) is 21.6. The molecular formula is C20H26F3N3O3. The first-order chi connectivity index (χ1) is 13.7. The Morgan fingerprint density at radius 2 is 2.10 bits per heavy atom. The van der Waals surface area contributed by atoms with Gasteiger partial charge in [-0.05, 0) is 32.0 Å². The van der Waals surface area contributed by atoms with E-state index >= 15 is 0 Å². The van der Waals surface area contributed by atoms with Crippen molar-refractivity contribution in [3.05, 3.63) is 39.8 Å². The van der Waals surface area contributed by atoms with Crippen LogP contribution in [0.25, 0.3) is 6.08 Å². The van der Waals surface area contributed by atoms with Crippen LogP contribution >= 0.6 is 0 Å². The van der Waals surface area contributed by atoms with Gasteiger partial charge in [-0.3, -0.25) is 14.5 Å². The van der Waals surface area contributed by atoms with Crippen LogP contribution in [0.3, 0.4) is 0 Å². The number of aliphatic hydroxyl groups excluding tert-OH is 1. The number of nitrogens with zero attached hydrogens (tertiary/aromatic N) is 2. The number of aromatic nitrogens is 1. The molecular weight excluding hydrogens is 387 g/mol. The van der Waals surface area contributed by atoms with Crippen molar-refractivity contribution in [1.29, 1.82) is 0 Å². The van der Waals surface area contributed by atoms with Crippen molar-refractivity contribution in [2.75, 3.05) is 19.7 Å². The number of allylic oxidation sites excluding steroid dienone is 1. The molecule has 1 amide bonds. The number of carbonyl (C=O) groups is 1. The second-order valence-electron chi connectivity index (χ2n) is 7.60. The Bertz CT molecular complexity index is 850. The van der Waals surface area contributed by atoms with E-state index in [1.807, 2.05) is 30.1 Å². The lowest BCUT2D eigenvalue weighted by Gasteiger charge is -2.30. The molecule has 3 heterocycles. The largest absolute Gasteiger partial charge is 0.405 e. The normalized spacial score (nSPS) is 26.7. The summed E-state index contributed by atoms with van der Waals surface area (Å²) in [6, 6.07) is 2.41. The number of aliphatic hydroxyl groups is 1. The van der Waals surface area contributed by atoms with Gasteiger partial charge in [0, 0.05) is 36.2 Å². The molecule has 0 aromatic carbocycles. The zero-order valence-corrected chi connectivity index (χ0v) is 16.4. The summed E-state index contributed by atoms with van der Waals surface area (Å²) in [5.41, 5.74) is 1.16. The Morgan fingerprint density at radius 1 is 1.38 bits per heavy atom. The molecule has 4 atom stereocenters. The van der Waals surface area contributed by atoms with Gasteiger partial charge in [-0.2, -0.15) is 13.2 Å². The van der Waals surface area contributed by atoms with Gasteiger partial charge >= 0.3 is 6.18 Å². The van der Waals surface area contributed by atoms with E-state index in [1.54, 1.807) is 22.8 Å². The van der Waals surface area contributed by atoms with E-state index in [9.17, 15) is 27.9 Å². The van der Waals surface area contributed by atoms with Crippen LogP contribution in [-0.4, -0.2) is 52.4 Å². The van der Waals surface area contributed by atoms with Gasteiger partial charge in [-0.1, -0.05) is 19.1 Å². The van der Waals surface area contributed by atoms with Crippen LogP contribution in [0.5, 0.6) is 0 Å². The van der Waals surface area contributed by atoms with Crippen molar-refractivity contribution in [1.82, 2.24) is 14.8 Å². The minimum Gasteiger partial charge on any atom is -0.396 e. The van der Waals surface area contributed by atoms with Crippen molar-refractivity contribution in [2.24, 2.45) is 11.8 Å². The molecule has 29 heavy (non-hydrogen) atoms. The molecule has 0 spiro atoms. The number of carbonyl (C=O) groups excluding carboxylic acids is 1. The molecule has 3 rings (SSSR count). The van der Waals surface area contributed by atoms with Gasteiger partial charge in [0.25, 0.3) is 5.56 Å². The Kier molecular flexibility index (Phi) is 6.19. The third-order valence-corrected chi connectivity index (χ3v) is 5.78.